The molecule has 1 aromatic rings. The third kappa shape index (κ3) is 8.20. The molecule has 0 radical (unpaired) electrons. The van der Waals surface area contributed by atoms with E-state index in [1.54, 1.807) is 38.1 Å². The van der Waals surface area contributed by atoms with Crippen LogP contribution in [0.15, 0.2) is 24.3 Å². The van der Waals surface area contributed by atoms with E-state index in [2.05, 4.69) is 16.0 Å². The van der Waals surface area contributed by atoms with Crippen molar-refractivity contribution >= 4 is 23.8 Å². The molecule has 0 aliphatic carbocycles. The maximum absolute atomic E-state index is 12.5. The van der Waals surface area contributed by atoms with E-state index < -0.39 is 36.5 Å². The average molecular weight is 407 g/mol. The van der Waals surface area contributed by atoms with Crippen LogP contribution in [0, 0.1) is 11.8 Å². The van der Waals surface area contributed by atoms with Crippen molar-refractivity contribution in [2.75, 3.05) is 20.3 Å². The zero-order valence-electron chi connectivity index (χ0n) is 17.4. The zero-order valence-corrected chi connectivity index (χ0v) is 17.4. The minimum Gasteiger partial charge on any atom is -0.496 e. The molecule has 0 spiro atoms. The van der Waals surface area contributed by atoms with Gasteiger partial charge in [0.1, 0.15) is 11.8 Å². The molecular weight excluding hydrogens is 378 g/mol. The van der Waals surface area contributed by atoms with Gasteiger partial charge in [0, 0.05) is 6.54 Å². The number of hydrogen-bond donors (Lipinski definition) is 3. The van der Waals surface area contributed by atoms with Crippen LogP contribution in [0.5, 0.6) is 5.75 Å². The topological polar surface area (TPSA) is 123 Å². The summed E-state index contributed by atoms with van der Waals surface area (Å²) in [5.41, 5.74) is 0.271. The van der Waals surface area contributed by atoms with Gasteiger partial charge in [0.05, 0.1) is 12.7 Å². The number of urea groups is 1. The lowest BCUT2D eigenvalue weighted by molar-refractivity contribution is -0.151. The van der Waals surface area contributed by atoms with E-state index in [-0.39, 0.29) is 17.4 Å². The molecule has 9 heteroatoms. The normalized spacial score (nSPS) is 11.6. The van der Waals surface area contributed by atoms with Gasteiger partial charge < -0.3 is 20.1 Å². The molecule has 0 unspecified atom stereocenters. The van der Waals surface area contributed by atoms with E-state index >= 15 is 0 Å². The van der Waals surface area contributed by atoms with Gasteiger partial charge in [0.15, 0.2) is 6.61 Å². The minimum atomic E-state index is -0.977. The molecule has 0 fully saturated rings. The van der Waals surface area contributed by atoms with Crippen molar-refractivity contribution in [3.63, 3.8) is 0 Å². The lowest BCUT2D eigenvalue weighted by Crippen LogP contribution is -2.47. The summed E-state index contributed by atoms with van der Waals surface area (Å²) in [4.78, 5) is 48.2. The Morgan fingerprint density at radius 2 is 1.69 bits per heavy atom. The molecule has 0 aliphatic rings. The number of rotatable bonds is 9. The maximum Gasteiger partial charge on any atom is 0.329 e. The highest BCUT2D eigenvalue weighted by Gasteiger charge is 2.27. The van der Waals surface area contributed by atoms with E-state index in [0.29, 0.717) is 12.3 Å². The number of benzene rings is 1. The van der Waals surface area contributed by atoms with Gasteiger partial charge in [-0.15, -0.1) is 0 Å². The number of hydrogen-bond acceptors (Lipinski definition) is 6. The van der Waals surface area contributed by atoms with Crippen LogP contribution in [-0.2, 0) is 14.3 Å². The molecule has 0 saturated carbocycles. The number of imide groups is 1. The standard InChI is InChI=1S/C20H29N3O6/c1-12(2)10-21-20(27)22-16(24)11-29-19(26)17(13(3)4)23-18(25)14-8-6-7-9-15(14)28-5/h6-9,12-13,17H,10-11H2,1-5H3,(H,23,25)(H2,21,22,24,27)/t17-/m0/s1. The Bertz CT molecular complexity index is 733. The van der Waals surface area contributed by atoms with E-state index in [9.17, 15) is 19.2 Å². The number of para-hydroxylation sites is 1. The average Bonchev–Trinajstić information content (AvgIpc) is 2.68. The molecule has 3 N–H and O–H groups in total. The predicted octanol–water partition coefficient (Wildman–Crippen LogP) is 1.47. The van der Waals surface area contributed by atoms with Gasteiger partial charge in [-0.25, -0.2) is 9.59 Å². The summed E-state index contributed by atoms with van der Waals surface area (Å²) in [6.07, 6.45) is 0. The molecule has 0 saturated heterocycles. The smallest absolute Gasteiger partial charge is 0.329 e. The van der Waals surface area contributed by atoms with Crippen LogP contribution in [-0.4, -0.2) is 50.1 Å². The lowest BCUT2D eigenvalue weighted by atomic mass is 10.0. The highest BCUT2D eigenvalue weighted by atomic mass is 16.5. The summed E-state index contributed by atoms with van der Waals surface area (Å²) in [6.45, 7) is 7.05. The van der Waals surface area contributed by atoms with Gasteiger partial charge in [0.2, 0.25) is 0 Å². The highest BCUT2D eigenvalue weighted by molar-refractivity contribution is 5.99. The van der Waals surface area contributed by atoms with Crippen molar-refractivity contribution in [1.82, 2.24) is 16.0 Å². The van der Waals surface area contributed by atoms with Gasteiger partial charge in [-0.05, 0) is 24.0 Å². The van der Waals surface area contributed by atoms with Crippen LogP contribution < -0.4 is 20.7 Å². The summed E-state index contributed by atoms with van der Waals surface area (Å²) in [6, 6.07) is 4.96. The molecule has 0 aliphatic heterocycles. The number of nitrogens with one attached hydrogen (secondary N) is 3. The molecule has 0 heterocycles. The zero-order chi connectivity index (χ0) is 22.0. The Hall–Kier alpha value is -3.10. The number of amides is 4. The number of ether oxygens (including phenoxy) is 2. The number of esters is 1. The van der Waals surface area contributed by atoms with Crippen molar-refractivity contribution < 1.29 is 28.7 Å². The monoisotopic (exact) mass is 407 g/mol. The molecule has 29 heavy (non-hydrogen) atoms. The molecule has 0 bridgehead atoms. The van der Waals surface area contributed by atoms with Crippen molar-refractivity contribution in [2.45, 2.75) is 33.7 Å². The van der Waals surface area contributed by atoms with Gasteiger partial charge in [-0.2, -0.15) is 0 Å². The molecule has 9 nitrogen and oxygen atoms in total. The molecular formula is C20H29N3O6. The van der Waals surface area contributed by atoms with Gasteiger partial charge >= 0.3 is 12.0 Å². The Balaban J connectivity index is 2.63. The minimum absolute atomic E-state index is 0.229. The largest absolute Gasteiger partial charge is 0.496 e. The van der Waals surface area contributed by atoms with Crippen LogP contribution in [0.2, 0.25) is 0 Å². The van der Waals surface area contributed by atoms with Gasteiger partial charge in [0.25, 0.3) is 11.8 Å². The number of carbonyl (C=O) groups is 4. The lowest BCUT2D eigenvalue weighted by Gasteiger charge is -2.21. The Morgan fingerprint density at radius 3 is 2.28 bits per heavy atom. The maximum atomic E-state index is 12.5. The van der Waals surface area contributed by atoms with Crippen LogP contribution in [0.4, 0.5) is 4.79 Å². The quantitative estimate of drug-likeness (QED) is 0.533. The highest BCUT2D eigenvalue weighted by Crippen LogP contribution is 2.17. The molecule has 1 aromatic carbocycles. The van der Waals surface area contributed by atoms with Gasteiger partial charge in [-0.3, -0.25) is 14.9 Å². The van der Waals surface area contributed by atoms with E-state index in [4.69, 9.17) is 9.47 Å². The van der Waals surface area contributed by atoms with Crippen LogP contribution in [0.3, 0.4) is 0 Å². The summed E-state index contributed by atoms with van der Waals surface area (Å²) in [5, 5.41) is 7.19. The van der Waals surface area contributed by atoms with Crippen LogP contribution in [0.25, 0.3) is 0 Å². The fourth-order valence-corrected chi connectivity index (χ4v) is 2.28. The van der Waals surface area contributed by atoms with Crippen LogP contribution in [0.1, 0.15) is 38.1 Å². The Morgan fingerprint density at radius 1 is 1.03 bits per heavy atom. The Kier molecular flexibility index (Phi) is 9.64. The first kappa shape index (κ1) is 23.9. The van der Waals surface area contributed by atoms with Gasteiger partial charge in [-0.1, -0.05) is 39.8 Å². The van der Waals surface area contributed by atoms with Crippen molar-refractivity contribution in [2.24, 2.45) is 11.8 Å². The number of methoxy groups -OCH3 is 1. The second kappa shape index (κ2) is 11.7. The first-order valence-corrected chi connectivity index (χ1v) is 9.33. The molecule has 160 valence electrons. The molecule has 1 atom stereocenters. The molecule has 1 rings (SSSR count). The molecule has 4 amide bonds. The Labute approximate surface area is 170 Å². The summed E-state index contributed by atoms with van der Waals surface area (Å²) in [5.74, 6) is -1.74. The first-order valence-electron chi connectivity index (χ1n) is 9.33. The fraction of sp³-hybridized carbons (Fsp3) is 0.500. The van der Waals surface area contributed by atoms with E-state index in [1.807, 2.05) is 13.8 Å². The summed E-state index contributed by atoms with van der Waals surface area (Å²) >= 11 is 0. The summed E-state index contributed by atoms with van der Waals surface area (Å²) < 4.78 is 10.1. The first-order chi connectivity index (χ1) is 13.6. The van der Waals surface area contributed by atoms with E-state index in [1.165, 1.54) is 7.11 Å². The number of carbonyl (C=O) groups excluding carboxylic acids is 4. The third-order valence-electron chi connectivity index (χ3n) is 3.83. The predicted molar refractivity (Wildman–Crippen MR) is 106 cm³/mol. The molecule has 0 aromatic heterocycles. The van der Waals surface area contributed by atoms with E-state index in [0.717, 1.165) is 0 Å². The van der Waals surface area contributed by atoms with Crippen LogP contribution >= 0.6 is 0 Å². The third-order valence-corrected chi connectivity index (χ3v) is 3.83. The fourth-order valence-electron chi connectivity index (χ4n) is 2.28. The summed E-state index contributed by atoms with van der Waals surface area (Å²) in [7, 11) is 1.44. The van der Waals surface area contributed by atoms with Crippen molar-refractivity contribution in [1.29, 1.82) is 0 Å². The SMILES string of the molecule is COc1ccccc1C(=O)N[C@H](C(=O)OCC(=O)NC(=O)NCC(C)C)C(C)C. The van der Waals surface area contributed by atoms with Crippen molar-refractivity contribution in [3.05, 3.63) is 29.8 Å². The second-order valence-electron chi connectivity index (χ2n) is 7.16. The van der Waals surface area contributed by atoms with Crippen molar-refractivity contribution in [3.8, 4) is 5.75 Å². The second-order valence-corrected chi connectivity index (χ2v) is 7.16.